The second-order valence-corrected chi connectivity index (χ2v) is 9.62. The van der Waals surface area contributed by atoms with E-state index in [9.17, 15) is 13.2 Å². The van der Waals surface area contributed by atoms with E-state index in [1.165, 1.54) is 41.2 Å². The number of benzene rings is 3. The van der Waals surface area contributed by atoms with Crippen molar-refractivity contribution in [2.45, 2.75) is 18.4 Å². The van der Waals surface area contributed by atoms with Crippen LogP contribution in [0.5, 0.6) is 0 Å². The number of nitrogens with zero attached hydrogens (tertiary/aromatic N) is 3. The second kappa shape index (κ2) is 9.30. The zero-order chi connectivity index (χ0) is 23.4. The molecule has 0 aliphatic rings. The van der Waals surface area contributed by atoms with Gasteiger partial charge in [-0.05, 0) is 48.9 Å². The SMILES string of the molecule is Cc1ccc(Cn2nccc2NC(=O)c2ccc(S(=O)(=O)N(C)c3ccccc3)cc2)cc1. The molecule has 3 aromatic carbocycles. The molecule has 33 heavy (non-hydrogen) atoms. The highest BCUT2D eigenvalue weighted by Crippen LogP contribution is 2.22. The first-order valence-corrected chi connectivity index (χ1v) is 11.8. The predicted molar refractivity (Wildman–Crippen MR) is 129 cm³/mol. The van der Waals surface area contributed by atoms with E-state index < -0.39 is 10.0 Å². The number of nitrogens with one attached hydrogen (secondary N) is 1. The van der Waals surface area contributed by atoms with E-state index in [0.717, 1.165) is 5.56 Å². The summed E-state index contributed by atoms with van der Waals surface area (Å²) in [6.45, 7) is 2.55. The predicted octanol–water partition coefficient (Wildman–Crippen LogP) is 4.32. The monoisotopic (exact) mass is 460 g/mol. The number of para-hydroxylation sites is 1. The lowest BCUT2D eigenvalue weighted by atomic mass is 10.1. The van der Waals surface area contributed by atoms with Gasteiger partial charge in [-0.2, -0.15) is 5.10 Å². The van der Waals surface area contributed by atoms with Crippen LogP contribution in [0, 0.1) is 6.92 Å². The summed E-state index contributed by atoms with van der Waals surface area (Å²) in [7, 11) is -2.24. The topological polar surface area (TPSA) is 84.3 Å². The molecule has 0 unspecified atom stereocenters. The van der Waals surface area contributed by atoms with Gasteiger partial charge >= 0.3 is 0 Å². The highest BCUT2D eigenvalue weighted by atomic mass is 32.2. The number of anilines is 2. The molecular weight excluding hydrogens is 436 g/mol. The lowest BCUT2D eigenvalue weighted by Gasteiger charge is -2.19. The maximum atomic E-state index is 12.9. The van der Waals surface area contributed by atoms with Crippen molar-refractivity contribution in [3.05, 3.63) is 108 Å². The number of aryl methyl sites for hydroxylation is 1. The number of hydrogen-bond donors (Lipinski definition) is 1. The van der Waals surface area contributed by atoms with Gasteiger partial charge in [0, 0.05) is 18.7 Å². The number of rotatable bonds is 7. The van der Waals surface area contributed by atoms with Gasteiger partial charge in [0.05, 0.1) is 23.3 Å². The number of sulfonamides is 1. The van der Waals surface area contributed by atoms with E-state index in [4.69, 9.17) is 0 Å². The Bertz CT molecular complexity index is 1350. The third-order valence-electron chi connectivity index (χ3n) is 5.31. The second-order valence-electron chi connectivity index (χ2n) is 7.65. The van der Waals surface area contributed by atoms with Crippen molar-refractivity contribution in [3.8, 4) is 0 Å². The Balaban J connectivity index is 1.47. The summed E-state index contributed by atoms with van der Waals surface area (Å²) >= 11 is 0. The first-order chi connectivity index (χ1) is 15.8. The maximum absolute atomic E-state index is 12.9. The molecule has 1 amide bonds. The summed E-state index contributed by atoms with van der Waals surface area (Å²) in [4.78, 5) is 12.9. The molecule has 0 aliphatic heterocycles. The Morgan fingerprint density at radius 1 is 0.939 bits per heavy atom. The van der Waals surface area contributed by atoms with Crippen molar-refractivity contribution >= 4 is 27.4 Å². The van der Waals surface area contributed by atoms with Gasteiger partial charge in [0.2, 0.25) is 0 Å². The summed E-state index contributed by atoms with van der Waals surface area (Å²) in [5.74, 6) is 0.210. The molecule has 168 valence electrons. The Kier molecular flexibility index (Phi) is 6.28. The van der Waals surface area contributed by atoms with E-state index in [1.54, 1.807) is 41.2 Å². The minimum atomic E-state index is -3.74. The van der Waals surface area contributed by atoms with Crippen LogP contribution in [0.2, 0.25) is 0 Å². The summed E-state index contributed by atoms with van der Waals surface area (Å²) in [5, 5.41) is 7.14. The number of carbonyl (C=O) groups is 1. The summed E-state index contributed by atoms with van der Waals surface area (Å²) in [6, 6.07) is 24.5. The van der Waals surface area contributed by atoms with E-state index in [2.05, 4.69) is 10.4 Å². The molecule has 4 aromatic rings. The van der Waals surface area contributed by atoms with Gasteiger partial charge in [-0.3, -0.25) is 9.10 Å². The zero-order valence-corrected chi connectivity index (χ0v) is 19.2. The average Bonchev–Trinajstić information content (AvgIpc) is 3.27. The maximum Gasteiger partial charge on any atom is 0.264 e. The Hall–Kier alpha value is -3.91. The van der Waals surface area contributed by atoms with Crippen molar-refractivity contribution < 1.29 is 13.2 Å². The van der Waals surface area contributed by atoms with Gasteiger partial charge in [-0.1, -0.05) is 48.0 Å². The molecule has 0 spiro atoms. The van der Waals surface area contributed by atoms with E-state index >= 15 is 0 Å². The number of aromatic nitrogens is 2. The van der Waals surface area contributed by atoms with Crippen LogP contribution in [0.15, 0.2) is 96.0 Å². The molecule has 0 radical (unpaired) electrons. The van der Waals surface area contributed by atoms with Crippen molar-refractivity contribution in [3.63, 3.8) is 0 Å². The third kappa shape index (κ3) is 4.96. The van der Waals surface area contributed by atoms with E-state index in [1.807, 2.05) is 37.3 Å². The largest absolute Gasteiger partial charge is 0.307 e. The lowest BCUT2D eigenvalue weighted by molar-refractivity contribution is 0.102. The van der Waals surface area contributed by atoms with Gasteiger partial charge in [0.1, 0.15) is 5.82 Å². The number of carbonyl (C=O) groups excluding carboxylic acids is 1. The fraction of sp³-hybridized carbons (Fsp3) is 0.120. The molecule has 8 heteroatoms. The van der Waals surface area contributed by atoms with Crippen molar-refractivity contribution in [2.24, 2.45) is 0 Å². The van der Waals surface area contributed by atoms with Crippen molar-refractivity contribution in [2.75, 3.05) is 16.7 Å². The van der Waals surface area contributed by atoms with Crippen LogP contribution < -0.4 is 9.62 Å². The normalized spacial score (nSPS) is 11.2. The first-order valence-electron chi connectivity index (χ1n) is 10.4. The molecule has 0 atom stereocenters. The molecule has 0 bridgehead atoms. The molecule has 1 N–H and O–H groups in total. The molecular formula is C25H24N4O3S. The third-order valence-corrected chi connectivity index (χ3v) is 7.11. The minimum Gasteiger partial charge on any atom is -0.307 e. The van der Waals surface area contributed by atoms with E-state index in [0.29, 0.717) is 23.6 Å². The lowest BCUT2D eigenvalue weighted by Crippen LogP contribution is -2.26. The Morgan fingerprint density at radius 2 is 1.61 bits per heavy atom. The molecule has 0 saturated carbocycles. The summed E-state index contributed by atoms with van der Waals surface area (Å²) in [6.07, 6.45) is 1.62. The van der Waals surface area contributed by atoms with Gasteiger partial charge in [0.15, 0.2) is 0 Å². The van der Waals surface area contributed by atoms with Crippen LogP contribution in [0.1, 0.15) is 21.5 Å². The van der Waals surface area contributed by atoms with Gasteiger partial charge in [-0.25, -0.2) is 13.1 Å². The van der Waals surface area contributed by atoms with Crippen molar-refractivity contribution in [1.82, 2.24) is 9.78 Å². The van der Waals surface area contributed by atoms with Crippen LogP contribution in [0.25, 0.3) is 0 Å². The smallest absolute Gasteiger partial charge is 0.264 e. The average molecular weight is 461 g/mol. The van der Waals surface area contributed by atoms with Gasteiger partial charge in [0.25, 0.3) is 15.9 Å². The fourth-order valence-corrected chi connectivity index (χ4v) is 4.53. The minimum absolute atomic E-state index is 0.106. The standard InChI is InChI=1S/C25H24N4O3S/c1-19-8-10-20(11-9-19)18-29-24(16-17-26-29)27-25(30)21-12-14-23(15-13-21)33(31,32)28(2)22-6-4-3-5-7-22/h3-17H,18H2,1-2H3,(H,27,30). The number of amides is 1. The Morgan fingerprint density at radius 3 is 2.27 bits per heavy atom. The zero-order valence-electron chi connectivity index (χ0n) is 18.3. The highest BCUT2D eigenvalue weighted by Gasteiger charge is 2.21. The molecule has 0 aliphatic carbocycles. The number of hydrogen-bond acceptors (Lipinski definition) is 4. The quantitative estimate of drug-likeness (QED) is 0.445. The molecule has 7 nitrogen and oxygen atoms in total. The summed E-state index contributed by atoms with van der Waals surface area (Å²) in [5.41, 5.74) is 3.14. The van der Waals surface area contributed by atoms with Crippen molar-refractivity contribution in [1.29, 1.82) is 0 Å². The van der Waals surface area contributed by atoms with Gasteiger partial charge < -0.3 is 5.32 Å². The molecule has 1 aromatic heterocycles. The molecule has 0 saturated heterocycles. The van der Waals surface area contributed by atoms with Crippen LogP contribution in [-0.4, -0.2) is 31.2 Å². The summed E-state index contributed by atoms with van der Waals surface area (Å²) < 4.78 is 28.8. The first kappa shape index (κ1) is 22.3. The molecule has 1 heterocycles. The fourth-order valence-electron chi connectivity index (χ4n) is 3.33. The van der Waals surface area contributed by atoms with Crippen LogP contribution in [-0.2, 0) is 16.6 Å². The molecule has 4 rings (SSSR count). The Labute approximate surface area is 193 Å². The van der Waals surface area contributed by atoms with Crippen LogP contribution in [0.3, 0.4) is 0 Å². The van der Waals surface area contributed by atoms with Gasteiger partial charge in [-0.15, -0.1) is 0 Å². The van der Waals surface area contributed by atoms with E-state index in [-0.39, 0.29) is 10.8 Å². The van der Waals surface area contributed by atoms with Crippen LogP contribution in [0.4, 0.5) is 11.5 Å². The van der Waals surface area contributed by atoms with Crippen LogP contribution >= 0.6 is 0 Å². The molecule has 0 fully saturated rings. The highest BCUT2D eigenvalue weighted by molar-refractivity contribution is 7.92.